The second-order valence-electron chi connectivity index (χ2n) is 4.40. The predicted molar refractivity (Wildman–Crippen MR) is 69.5 cm³/mol. The van der Waals surface area contributed by atoms with Crippen LogP contribution in [0.4, 0.5) is 4.79 Å². The largest absolute Gasteiger partial charge is 0.350 e. The molecule has 1 aliphatic heterocycles. The van der Waals surface area contributed by atoms with E-state index in [1.165, 1.54) is 4.90 Å². The molecule has 1 aliphatic rings. The third-order valence-electron chi connectivity index (χ3n) is 2.92. The van der Waals surface area contributed by atoms with Gasteiger partial charge in [0, 0.05) is 13.1 Å². The molecule has 0 aliphatic carbocycles. The summed E-state index contributed by atoms with van der Waals surface area (Å²) in [5.74, 6) is -0.704. The van der Waals surface area contributed by atoms with Crippen molar-refractivity contribution >= 4 is 13.6 Å². The average Bonchev–Trinajstić information content (AvgIpc) is 2.37. The first kappa shape index (κ1) is 15.5. The van der Waals surface area contributed by atoms with Crippen LogP contribution in [0.5, 0.6) is 0 Å². The van der Waals surface area contributed by atoms with Crippen molar-refractivity contribution in [3.63, 3.8) is 0 Å². The predicted octanol–water partition coefficient (Wildman–Crippen LogP) is 2.14. The first-order valence-electron chi connectivity index (χ1n) is 6.54. The highest BCUT2D eigenvalue weighted by molar-refractivity contribution is 7.53. The van der Waals surface area contributed by atoms with Gasteiger partial charge in [-0.2, -0.15) is 0 Å². The minimum atomic E-state index is -3.75. The maximum atomic E-state index is 12.2. The minimum Gasteiger partial charge on any atom is -0.338 e. The summed E-state index contributed by atoms with van der Waals surface area (Å²) in [5, 5.41) is 2.67. The van der Waals surface area contributed by atoms with Crippen LogP contribution in [0.15, 0.2) is 0 Å². The van der Waals surface area contributed by atoms with E-state index < -0.39 is 13.4 Å². The van der Waals surface area contributed by atoms with E-state index in [0.717, 1.165) is 12.8 Å². The van der Waals surface area contributed by atoms with E-state index in [4.69, 9.17) is 4.52 Å². The quantitative estimate of drug-likeness (QED) is 0.755. The maximum Gasteiger partial charge on any atom is 0.350 e. The maximum absolute atomic E-state index is 12.2. The molecule has 0 aromatic carbocycles. The number of nitrogens with one attached hydrogen (secondary N) is 1. The first-order chi connectivity index (χ1) is 8.53. The van der Waals surface area contributed by atoms with E-state index in [0.29, 0.717) is 25.9 Å². The lowest BCUT2D eigenvalue weighted by atomic mass is 10.1. The van der Waals surface area contributed by atoms with Crippen molar-refractivity contribution < 1.29 is 18.8 Å². The van der Waals surface area contributed by atoms with E-state index in [-0.39, 0.29) is 12.6 Å². The molecule has 1 fully saturated rings. The summed E-state index contributed by atoms with van der Waals surface area (Å²) in [6, 6.07) is -0.281. The van der Waals surface area contributed by atoms with Crippen LogP contribution in [0, 0.1) is 0 Å². The molecule has 1 rings (SSSR count). The molecule has 0 saturated carbocycles. The van der Waals surface area contributed by atoms with Gasteiger partial charge in [-0.25, -0.2) is 4.79 Å². The number of piperidine rings is 1. The molecule has 1 saturated heterocycles. The van der Waals surface area contributed by atoms with Gasteiger partial charge in [-0.05, 0) is 32.6 Å². The lowest BCUT2D eigenvalue weighted by molar-refractivity contribution is 0.154. The van der Waals surface area contributed by atoms with Crippen LogP contribution in [-0.2, 0) is 9.09 Å². The standard InChI is InChI=1S/C11H23N2O4P/c1-3-9-17-18(15,16)10-7-5-6-8-13(10)11(14)12-4-2/h10H,3-9H2,1-2H3,(H,12,14)(H,15,16)/t10-/m1/s1. The van der Waals surface area contributed by atoms with Crippen molar-refractivity contribution in [2.45, 2.75) is 45.3 Å². The number of amides is 2. The highest BCUT2D eigenvalue weighted by Crippen LogP contribution is 2.52. The molecule has 1 unspecified atom stereocenters. The molecule has 0 aromatic rings. The number of likely N-dealkylation sites (tertiary alicyclic amines) is 1. The summed E-state index contributed by atoms with van der Waals surface area (Å²) >= 11 is 0. The molecule has 7 heteroatoms. The van der Waals surface area contributed by atoms with Crippen LogP contribution in [-0.4, -0.2) is 41.3 Å². The normalized spacial score (nSPS) is 23.5. The monoisotopic (exact) mass is 278 g/mol. The number of nitrogens with zero attached hydrogens (tertiary/aromatic N) is 1. The zero-order valence-corrected chi connectivity index (χ0v) is 12.0. The SMILES string of the molecule is CCCOP(=O)(O)[C@@H]1CCCCN1C(=O)NCC. The molecule has 18 heavy (non-hydrogen) atoms. The van der Waals surface area contributed by atoms with Crippen molar-refractivity contribution in [3.8, 4) is 0 Å². The van der Waals surface area contributed by atoms with Crippen molar-refractivity contribution in [2.24, 2.45) is 0 Å². The number of carbonyl (C=O) groups is 1. The molecule has 6 nitrogen and oxygen atoms in total. The molecule has 0 bridgehead atoms. The van der Waals surface area contributed by atoms with Gasteiger partial charge in [0.15, 0.2) is 0 Å². The zero-order chi connectivity index (χ0) is 13.6. The lowest BCUT2D eigenvalue weighted by Crippen LogP contribution is -2.48. The van der Waals surface area contributed by atoms with Gasteiger partial charge in [-0.15, -0.1) is 0 Å². The summed E-state index contributed by atoms with van der Waals surface area (Å²) < 4.78 is 17.2. The van der Waals surface area contributed by atoms with Gasteiger partial charge in [-0.3, -0.25) is 4.57 Å². The Balaban J connectivity index is 2.75. The fourth-order valence-electron chi connectivity index (χ4n) is 2.05. The van der Waals surface area contributed by atoms with Crippen molar-refractivity contribution in [1.29, 1.82) is 0 Å². The Morgan fingerprint density at radius 3 is 2.83 bits per heavy atom. The zero-order valence-electron chi connectivity index (χ0n) is 11.1. The van der Waals surface area contributed by atoms with Crippen LogP contribution in [0.2, 0.25) is 0 Å². The van der Waals surface area contributed by atoms with E-state index >= 15 is 0 Å². The molecule has 106 valence electrons. The number of rotatable bonds is 5. The minimum absolute atomic E-state index is 0.244. The van der Waals surface area contributed by atoms with Gasteiger partial charge in [0.05, 0.1) is 6.61 Å². The number of urea groups is 1. The topological polar surface area (TPSA) is 78.9 Å². The number of carbonyl (C=O) groups excluding carboxylic acids is 1. The second-order valence-corrected chi connectivity index (χ2v) is 6.39. The van der Waals surface area contributed by atoms with Crippen LogP contribution >= 0.6 is 7.60 Å². The van der Waals surface area contributed by atoms with Gasteiger partial charge in [0.2, 0.25) is 0 Å². The second kappa shape index (κ2) is 7.12. The molecule has 0 aromatic heterocycles. The Morgan fingerprint density at radius 1 is 1.50 bits per heavy atom. The summed E-state index contributed by atoms with van der Waals surface area (Å²) in [6.07, 6.45) is 2.91. The Labute approximate surface area is 108 Å². The van der Waals surface area contributed by atoms with Crippen molar-refractivity contribution in [1.82, 2.24) is 10.2 Å². The first-order valence-corrected chi connectivity index (χ1v) is 8.19. The Morgan fingerprint density at radius 2 is 2.22 bits per heavy atom. The van der Waals surface area contributed by atoms with Crippen LogP contribution < -0.4 is 5.32 Å². The van der Waals surface area contributed by atoms with Crippen LogP contribution in [0.3, 0.4) is 0 Å². The summed E-state index contributed by atoms with van der Waals surface area (Å²) in [6.45, 7) is 4.96. The smallest absolute Gasteiger partial charge is 0.338 e. The van der Waals surface area contributed by atoms with E-state index in [2.05, 4.69) is 5.32 Å². The number of hydrogen-bond donors (Lipinski definition) is 2. The van der Waals surface area contributed by atoms with E-state index in [1.54, 1.807) is 0 Å². The Bertz CT molecular complexity index is 324. The fraction of sp³-hybridized carbons (Fsp3) is 0.909. The molecule has 1 heterocycles. The van der Waals surface area contributed by atoms with Crippen molar-refractivity contribution in [2.75, 3.05) is 19.7 Å². The molecular formula is C11H23N2O4P. The molecule has 0 radical (unpaired) electrons. The van der Waals surface area contributed by atoms with E-state index in [9.17, 15) is 14.3 Å². The molecule has 0 spiro atoms. The summed E-state index contributed by atoms with van der Waals surface area (Å²) in [5.41, 5.74) is 0. The lowest BCUT2D eigenvalue weighted by Gasteiger charge is -2.37. The van der Waals surface area contributed by atoms with Gasteiger partial charge < -0.3 is 19.6 Å². The van der Waals surface area contributed by atoms with Crippen LogP contribution in [0.25, 0.3) is 0 Å². The van der Waals surface area contributed by atoms with Crippen LogP contribution in [0.1, 0.15) is 39.5 Å². The molecule has 2 amide bonds. The number of hydrogen-bond acceptors (Lipinski definition) is 3. The molecule has 2 N–H and O–H groups in total. The highest BCUT2D eigenvalue weighted by Gasteiger charge is 2.40. The van der Waals surface area contributed by atoms with Gasteiger partial charge in [-0.1, -0.05) is 6.92 Å². The van der Waals surface area contributed by atoms with Gasteiger partial charge >= 0.3 is 13.6 Å². The van der Waals surface area contributed by atoms with Gasteiger partial charge in [0.25, 0.3) is 0 Å². The third-order valence-corrected chi connectivity index (χ3v) is 4.76. The highest BCUT2D eigenvalue weighted by atomic mass is 31.2. The summed E-state index contributed by atoms with van der Waals surface area (Å²) in [4.78, 5) is 23.3. The molecule has 2 atom stereocenters. The van der Waals surface area contributed by atoms with Gasteiger partial charge in [0.1, 0.15) is 5.78 Å². The fourth-order valence-corrected chi connectivity index (χ4v) is 3.75. The van der Waals surface area contributed by atoms with Crippen molar-refractivity contribution in [3.05, 3.63) is 0 Å². The average molecular weight is 278 g/mol. The molecular weight excluding hydrogens is 255 g/mol. The Kier molecular flexibility index (Phi) is 6.12. The Hall–Kier alpha value is -0.580. The third kappa shape index (κ3) is 3.97. The van der Waals surface area contributed by atoms with E-state index in [1.807, 2.05) is 13.8 Å². The summed E-state index contributed by atoms with van der Waals surface area (Å²) in [7, 11) is -3.75.